The summed E-state index contributed by atoms with van der Waals surface area (Å²) in [6.45, 7) is 0.299. The Morgan fingerprint density at radius 1 is 1.33 bits per heavy atom. The number of nitriles is 1. The highest BCUT2D eigenvalue weighted by atomic mass is 35.5. The van der Waals surface area contributed by atoms with E-state index in [4.69, 9.17) is 28.5 Å². The van der Waals surface area contributed by atoms with Gasteiger partial charge in [-0.1, -0.05) is 23.2 Å². The summed E-state index contributed by atoms with van der Waals surface area (Å²) in [6, 6.07) is 6.49. The zero-order valence-corrected chi connectivity index (χ0v) is 10.7. The van der Waals surface area contributed by atoms with Gasteiger partial charge >= 0.3 is 0 Å². The van der Waals surface area contributed by atoms with E-state index in [9.17, 15) is 9.90 Å². The van der Waals surface area contributed by atoms with Gasteiger partial charge in [0.25, 0.3) is 5.91 Å². The van der Waals surface area contributed by atoms with Gasteiger partial charge in [0.05, 0.1) is 10.0 Å². The molecule has 0 aromatic heterocycles. The number of nitrogens with zero attached hydrogens (tertiary/aromatic N) is 2. The first-order valence-electron chi connectivity index (χ1n) is 5.13. The Balaban J connectivity index is 2.39. The Hall–Kier alpha value is -1.70. The van der Waals surface area contributed by atoms with E-state index in [1.54, 1.807) is 24.3 Å². The lowest BCUT2D eigenvalue weighted by atomic mass is 10.1. The van der Waals surface area contributed by atoms with E-state index < -0.39 is 5.91 Å². The van der Waals surface area contributed by atoms with Gasteiger partial charge in [-0.25, -0.2) is 0 Å². The average molecular weight is 283 g/mol. The van der Waals surface area contributed by atoms with Gasteiger partial charge in [-0.15, -0.1) is 0 Å². The quantitative estimate of drug-likeness (QED) is 0.861. The van der Waals surface area contributed by atoms with Crippen LogP contribution in [0.5, 0.6) is 0 Å². The van der Waals surface area contributed by atoms with E-state index in [0.29, 0.717) is 22.3 Å². The fourth-order valence-corrected chi connectivity index (χ4v) is 2.01. The first kappa shape index (κ1) is 12.7. The summed E-state index contributed by atoms with van der Waals surface area (Å²) in [5.74, 6) is -0.696. The van der Waals surface area contributed by atoms with Crippen LogP contribution in [0.2, 0.25) is 10.0 Å². The molecular weight excluding hydrogens is 275 g/mol. The fourth-order valence-electron chi connectivity index (χ4n) is 1.71. The van der Waals surface area contributed by atoms with Crippen molar-refractivity contribution in [2.75, 3.05) is 11.4 Å². The normalized spacial score (nSPS) is 15.8. The molecule has 0 radical (unpaired) electrons. The Bertz CT molecular complexity index is 590. The Labute approximate surface area is 114 Å². The second kappa shape index (κ2) is 4.89. The van der Waals surface area contributed by atoms with Crippen LogP contribution in [0.3, 0.4) is 0 Å². The summed E-state index contributed by atoms with van der Waals surface area (Å²) < 4.78 is 0. The van der Waals surface area contributed by atoms with E-state index in [2.05, 4.69) is 0 Å². The minimum atomic E-state index is -0.528. The molecule has 2 rings (SSSR count). The van der Waals surface area contributed by atoms with Crippen LogP contribution in [0.25, 0.3) is 0 Å². The van der Waals surface area contributed by atoms with Crippen molar-refractivity contribution < 1.29 is 9.90 Å². The molecule has 1 aromatic carbocycles. The number of benzene rings is 1. The van der Waals surface area contributed by atoms with Crippen molar-refractivity contribution in [3.63, 3.8) is 0 Å². The third kappa shape index (κ3) is 2.15. The molecule has 6 heteroatoms. The van der Waals surface area contributed by atoms with Crippen LogP contribution in [-0.2, 0) is 4.79 Å². The summed E-state index contributed by atoms with van der Waals surface area (Å²) in [4.78, 5) is 13.4. The summed E-state index contributed by atoms with van der Waals surface area (Å²) in [5, 5.41) is 19.0. The highest BCUT2D eigenvalue weighted by Crippen LogP contribution is 2.30. The van der Waals surface area contributed by atoms with Crippen LogP contribution in [0, 0.1) is 11.3 Å². The van der Waals surface area contributed by atoms with Crippen LogP contribution in [0.15, 0.2) is 29.5 Å². The standard InChI is InChI=1S/C12H8Cl2N2O2/c13-9-2-1-7(5-10(9)14)16-4-3-11(17)8(6-15)12(16)18/h1-2,5,17H,3-4H2. The molecule has 1 aliphatic rings. The van der Waals surface area contributed by atoms with E-state index in [0.717, 1.165) is 0 Å². The minimum Gasteiger partial charge on any atom is -0.511 e. The summed E-state index contributed by atoms with van der Waals surface area (Å²) >= 11 is 11.7. The Morgan fingerprint density at radius 2 is 2.06 bits per heavy atom. The van der Waals surface area contributed by atoms with Crippen molar-refractivity contribution in [2.24, 2.45) is 0 Å². The van der Waals surface area contributed by atoms with Crippen LogP contribution in [0.4, 0.5) is 5.69 Å². The van der Waals surface area contributed by atoms with Crippen LogP contribution >= 0.6 is 23.2 Å². The maximum absolute atomic E-state index is 12.0. The lowest BCUT2D eigenvalue weighted by Gasteiger charge is -2.26. The van der Waals surface area contributed by atoms with E-state index in [1.165, 1.54) is 4.90 Å². The average Bonchev–Trinajstić information content (AvgIpc) is 2.34. The number of carbonyl (C=O) groups excluding carboxylic acids is 1. The zero-order chi connectivity index (χ0) is 13.3. The SMILES string of the molecule is N#CC1=C(O)CCN(c2ccc(Cl)c(Cl)c2)C1=O. The molecule has 1 aliphatic heterocycles. The number of hydrogen-bond acceptors (Lipinski definition) is 3. The lowest BCUT2D eigenvalue weighted by Crippen LogP contribution is -2.37. The lowest BCUT2D eigenvalue weighted by molar-refractivity contribution is -0.115. The molecule has 1 N–H and O–H groups in total. The molecule has 4 nitrogen and oxygen atoms in total. The van der Waals surface area contributed by atoms with Crippen LogP contribution < -0.4 is 4.90 Å². The van der Waals surface area contributed by atoms with Crippen molar-refractivity contribution in [3.05, 3.63) is 39.6 Å². The van der Waals surface area contributed by atoms with Crippen LogP contribution in [-0.4, -0.2) is 17.6 Å². The molecule has 1 heterocycles. The number of carbonyl (C=O) groups is 1. The number of halogens is 2. The first-order chi connectivity index (χ1) is 8.54. The number of amides is 1. The molecule has 92 valence electrons. The maximum Gasteiger partial charge on any atom is 0.272 e. The van der Waals surface area contributed by atoms with E-state index in [1.807, 2.05) is 0 Å². The number of rotatable bonds is 1. The summed E-state index contributed by atoms with van der Waals surface area (Å²) in [7, 11) is 0. The zero-order valence-electron chi connectivity index (χ0n) is 9.15. The highest BCUT2D eigenvalue weighted by molar-refractivity contribution is 6.42. The summed E-state index contributed by atoms with van der Waals surface area (Å²) in [5.41, 5.74) is 0.321. The monoisotopic (exact) mass is 282 g/mol. The van der Waals surface area contributed by atoms with Gasteiger partial charge in [-0.3, -0.25) is 4.79 Å². The third-order valence-electron chi connectivity index (χ3n) is 2.65. The molecule has 0 fully saturated rings. The predicted molar refractivity (Wildman–Crippen MR) is 68.7 cm³/mol. The second-order valence-corrected chi connectivity index (χ2v) is 4.55. The highest BCUT2D eigenvalue weighted by Gasteiger charge is 2.28. The van der Waals surface area contributed by atoms with Crippen molar-refractivity contribution in [1.82, 2.24) is 0 Å². The molecule has 0 unspecified atom stereocenters. The second-order valence-electron chi connectivity index (χ2n) is 3.74. The molecule has 0 saturated heterocycles. The van der Waals surface area contributed by atoms with Crippen molar-refractivity contribution in [2.45, 2.75) is 6.42 Å². The molecule has 1 amide bonds. The molecule has 0 aliphatic carbocycles. The molecule has 0 saturated carbocycles. The van der Waals surface area contributed by atoms with Crippen molar-refractivity contribution >= 4 is 34.8 Å². The van der Waals surface area contributed by atoms with Gasteiger partial charge in [0.15, 0.2) is 5.57 Å². The summed E-state index contributed by atoms with van der Waals surface area (Å²) in [6.07, 6.45) is 0.245. The molecule has 0 atom stereocenters. The smallest absolute Gasteiger partial charge is 0.272 e. The van der Waals surface area contributed by atoms with E-state index in [-0.39, 0.29) is 17.8 Å². The predicted octanol–water partition coefficient (Wildman–Crippen LogP) is 3.07. The molecule has 18 heavy (non-hydrogen) atoms. The molecular formula is C12H8Cl2N2O2. The minimum absolute atomic E-state index is 0.168. The Morgan fingerprint density at radius 3 is 2.67 bits per heavy atom. The van der Waals surface area contributed by atoms with Crippen LogP contribution in [0.1, 0.15) is 6.42 Å². The van der Waals surface area contributed by atoms with Gasteiger partial charge in [0.1, 0.15) is 11.8 Å². The van der Waals surface area contributed by atoms with Gasteiger partial charge in [0, 0.05) is 18.7 Å². The van der Waals surface area contributed by atoms with E-state index >= 15 is 0 Å². The topological polar surface area (TPSA) is 64.3 Å². The fraction of sp³-hybridized carbons (Fsp3) is 0.167. The molecule has 0 bridgehead atoms. The van der Waals surface area contributed by atoms with Gasteiger partial charge in [0.2, 0.25) is 0 Å². The van der Waals surface area contributed by atoms with Crippen molar-refractivity contribution in [1.29, 1.82) is 5.26 Å². The maximum atomic E-state index is 12.0. The van der Waals surface area contributed by atoms with Gasteiger partial charge in [-0.05, 0) is 18.2 Å². The number of aliphatic hydroxyl groups excluding tert-OH is 1. The number of anilines is 1. The third-order valence-corrected chi connectivity index (χ3v) is 3.39. The largest absolute Gasteiger partial charge is 0.511 e. The number of hydrogen-bond donors (Lipinski definition) is 1. The number of aliphatic hydroxyl groups is 1. The Kier molecular flexibility index (Phi) is 3.46. The molecule has 1 aromatic rings. The molecule has 0 spiro atoms. The van der Waals surface area contributed by atoms with Gasteiger partial charge in [-0.2, -0.15) is 5.26 Å². The van der Waals surface area contributed by atoms with Crippen molar-refractivity contribution in [3.8, 4) is 6.07 Å². The van der Waals surface area contributed by atoms with Gasteiger partial charge < -0.3 is 10.0 Å². The first-order valence-corrected chi connectivity index (χ1v) is 5.89.